The average molecular weight is 178 g/mol. The summed E-state index contributed by atoms with van der Waals surface area (Å²) in [5, 5.41) is 6.30. The summed E-state index contributed by atoms with van der Waals surface area (Å²) in [6.07, 6.45) is 1.39. The molecule has 0 aliphatic rings. The molecule has 0 radical (unpaired) electrons. The highest BCUT2D eigenvalue weighted by Crippen LogP contribution is 2.19. The summed E-state index contributed by atoms with van der Waals surface area (Å²) in [6.45, 7) is 0. The van der Waals surface area contributed by atoms with E-state index >= 15 is 0 Å². The molecule has 0 amide bonds. The molecule has 2 rings (SSSR count). The van der Waals surface area contributed by atoms with E-state index in [4.69, 9.17) is 5.73 Å². The second kappa shape index (κ2) is 2.85. The highest BCUT2D eigenvalue weighted by atomic mass is 19.1. The highest BCUT2D eigenvalue weighted by molar-refractivity contribution is 5.61. The van der Waals surface area contributed by atoms with Crippen molar-refractivity contribution in [1.29, 1.82) is 0 Å². The zero-order chi connectivity index (χ0) is 9.26. The molecule has 2 aromatic rings. The molecule has 2 aromatic heterocycles. The molecule has 0 aliphatic heterocycles. The Balaban J connectivity index is 2.52. The van der Waals surface area contributed by atoms with Crippen LogP contribution >= 0.6 is 0 Å². The SMILES string of the molecule is Nc1cc(-c2cccnc2F)[nH]n1. The molecule has 0 aromatic carbocycles. The van der Waals surface area contributed by atoms with Gasteiger partial charge in [-0.1, -0.05) is 0 Å². The van der Waals surface area contributed by atoms with Crippen molar-refractivity contribution < 1.29 is 4.39 Å². The third kappa shape index (κ3) is 1.35. The van der Waals surface area contributed by atoms with Crippen LogP contribution in [0.25, 0.3) is 11.3 Å². The number of nitrogens with two attached hydrogens (primary N) is 1. The molecular weight excluding hydrogens is 171 g/mol. The van der Waals surface area contributed by atoms with Crippen molar-refractivity contribution in [2.75, 3.05) is 5.73 Å². The van der Waals surface area contributed by atoms with Crippen molar-refractivity contribution in [3.8, 4) is 11.3 Å². The van der Waals surface area contributed by atoms with Gasteiger partial charge < -0.3 is 5.73 Å². The number of rotatable bonds is 1. The molecular formula is C8H7FN4. The maximum Gasteiger partial charge on any atom is 0.222 e. The van der Waals surface area contributed by atoms with Crippen LogP contribution in [0.15, 0.2) is 24.4 Å². The van der Waals surface area contributed by atoms with Gasteiger partial charge in [-0.25, -0.2) is 4.98 Å². The van der Waals surface area contributed by atoms with Crippen LogP contribution in [0.1, 0.15) is 0 Å². The van der Waals surface area contributed by atoms with Crippen LogP contribution in [0.5, 0.6) is 0 Å². The fourth-order valence-corrected chi connectivity index (χ4v) is 1.06. The first-order valence-electron chi connectivity index (χ1n) is 3.69. The Morgan fingerprint density at radius 2 is 2.31 bits per heavy atom. The van der Waals surface area contributed by atoms with Crippen LogP contribution < -0.4 is 5.73 Å². The largest absolute Gasteiger partial charge is 0.382 e. The Kier molecular flexibility index (Phi) is 1.70. The van der Waals surface area contributed by atoms with Gasteiger partial charge in [-0.2, -0.15) is 9.49 Å². The summed E-state index contributed by atoms with van der Waals surface area (Å²) in [6, 6.07) is 4.81. The maximum absolute atomic E-state index is 13.1. The molecule has 0 saturated carbocycles. The monoisotopic (exact) mass is 178 g/mol. The number of nitrogens with zero attached hydrogens (tertiary/aromatic N) is 2. The Labute approximate surface area is 73.6 Å². The number of hydrogen-bond acceptors (Lipinski definition) is 3. The van der Waals surface area contributed by atoms with Crippen LogP contribution in [0, 0.1) is 5.95 Å². The lowest BCUT2D eigenvalue weighted by molar-refractivity contribution is 0.587. The van der Waals surface area contributed by atoms with Crippen LogP contribution in [0.4, 0.5) is 10.2 Å². The summed E-state index contributed by atoms with van der Waals surface area (Å²) < 4.78 is 13.1. The van der Waals surface area contributed by atoms with Crippen LogP contribution in [0.2, 0.25) is 0 Å². The minimum absolute atomic E-state index is 0.332. The summed E-state index contributed by atoms with van der Waals surface area (Å²) in [4.78, 5) is 3.51. The molecule has 0 unspecified atom stereocenters. The van der Waals surface area contributed by atoms with Crippen LogP contribution in [0.3, 0.4) is 0 Å². The van der Waals surface area contributed by atoms with E-state index in [1.54, 1.807) is 18.2 Å². The van der Waals surface area contributed by atoms with E-state index in [1.165, 1.54) is 6.20 Å². The van der Waals surface area contributed by atoms with Gasteiger partial charge in [-0.05, 0) is 12.1 Å². The summed E-state index contributed by atoms with van der Waals surface area (Å²) in [7, 11) is 0. The van der Waals surface area contributed by atoms with Gasteiger partial charge in [-0.15, -0.1) is 0 Å². The fourth-order valence-electron chi connectivity index (χ4n) is 1.06. The molecule has 4 nitrogen and oxygen atoms in total. The number of hydrogen-bond donors (Lipinski definition) is 2. The lowest BCUT2D eigenvalue weighted by Gasteiger charge is -1.96. The Morgan fingerprint density at radius 1 is 1.46 bits per heavy atom. The van der Waals surface area contributed by atoms with Gasteiger partial charge in [0, 0.05) is 12.3 Å². The minimum atomic E-state index is -0.536. The molecule has 0 aliphatic carbocycles. The van der Waals surface area contributed by atoms with E-state index < -0.39 is 5.95 Å². The van der Waals surface area contributed by atoms with Gasteiger partial charge in [0.2, 0.25) is 5.95 Å². The van der Waals surface area contributed by atoms with Gasteiger partial charge in [0.05, 0.1) is 11.3 Å². The summed E-state index contributed by atoms with van der Waals surface area (Å²) >= 11 is 0. The second-order valence-corrected chi connectivity index (χ2v) is 2.55. The quantitative estimate of drug-likeness (QED) is 0.644. The molecule has 0 atom stereocenters. The minimum Gasteiger partial charge on any atom is -0.382 e. The summed E-state index contributed by atoms with van der Waals surface area (Å²) in [5.41, 5.74) is 6.28. The number of nitrogen functional groups attached to an aromatic ring is 1. The maximum atomic E-state index is 13.1. The zero-order valence-corrected chi connectivity index (χ0v) is 6.66. The van der Waals surface area contributed by atoms with Crippen molar-refractivity contribution in [2.45, 2.75) is 0 Å². The number of halogens is 1. The molecule has 13 heavy (non-hydrogen) atoms. The lowest BCUT2D eigenvalue weighted by Crippen LogP contribution is -1.87. The zero-order valence-electron chi connectivity index (χ0n) is 6.66. The predicted molar refractivity (Wildman–Crippen MR) is 46.2 cm³/mol. The first-order valence-corrected chi connectivity index (χ1v) is 3.69. The second-order valence-electron chi connectivity index (χ2n) is 2.55. The van der Waals surface area contributed by atoms with E-state index in [0.29, 0.717) is 17.1 Å². The van der Waals surface area contributed by atoms with Gasteiger partial charge in [0.25, 0.3) is 0 Å². The Hall–Kier alpha value is -1.91. The molecule has 66 valence electrons. The van der Waals surface area contributed by atoms with Gasteiger partial charge in [0.15, 0.2) is 0 Å². The first kappa shape index (κ1) is 7.72. The highest BCUT2D eigenvalue weighted by Gasteiger charge is 2.06. The van der Waals surface area contributed by atoms with Crippen molar-refractivity contribution in [3.63, 3.8) is 0 Å². The van der Waals surface area contributed by atoms with E-state index in [1.807, 2.05) is 0 Å². The molecule has 0 saturated heterocycles. The predicted octanol–water partition coefficient (Wildman–Crippen LogP) is 1.19. The number of aromatic nitrogens is 3. The molecule has 5 heteroatoms. The standard InChI is InChI=1S/C8H7FN4/c9-8-5(2-1-3-11-8)6-4-7(10)13-12-6/h1-4H,(H3,10,12,13). The number of H-pyrrole nitrogens is 1. The van der Waals surface area contributed by atoms with Crippen molar-refractivity contribution >= 4 is 5.82 Å². The smallest absolute Gasteiger partial charge is 0.222 e. The van der Waals surface area contributed by atoms with E-state index in [-0.39, 0.29) is 0 Å². The molecule has 3 N–H and O–H groups in total. The van der Waals surface area contributed by atoms with Crippen LogP contribution in [-0.2, 0) is 0 Å². The van der Waals surface area contributed by atoms with E-state index in [0.717, 1.165) is 0 Å². The summed E-state index contributed by atoms with van der Waals surface area (Å²) in [5.74, 6) is -0.204. The van der Waals surface area contributed by atoms with Crippen molar-refractivity contribution in [2.24, 2.45) is 0 Å². The molecule has 0 bridgehead atoms. The average Bonchev–Trinajstić information content (AvgIpc) is 2.53. The molecule has 0 spiro atoms. The van der Waals surface area contributed by atoms with Gasteiger partial charge >= 0.3 is 0 Å². The molecule has 0 fully saturated rings. The van der Waals surface area contributed by atoms with Crippen molar-refractivity contribution in [3.05, 3.63) is 30.3 Å². The van der Waals surface area contributed by atoms with Gasteiger partial charge in [-0.3, -0.25) is 5.10 Å². The number of anilines is 1. The normalized spacial score (nSPS) is 10.2. The van der Waals surface area contributed by atoms with Gasteiger partial charge in [0.1, 0.15) is 5.82 Å². The van der Waals surface area contributed by atoms with E-state index in [9.17, 15) is 4.39 Å². The third-order valence-corrected chi connectivity index (χ3v) is 1.65. The number of nitrogens with one attached hydrogen (secondary N) is 1. The number of pyridine rings is 1. The topological polar surface area (TPSA) is 67.6 Å². The Bertz CT molecular complexity index is 424. The fraction of sp³-hybridized carbons (Fsp3) is 0. The third-order valence-electron chi connectivity index (χ3n) is 1.65. The molecule has 2 heterocycles. The van der Waals surface area contributed by atoms with Crippen molar-refractivity contribution in [1.82, 2.24) is 15.2 Å². The Morgan fingerprint density at radius 3 is 2.92 bits per heavy atom. The number of aromatic amines is 1. The lowest BCUT2D eigenvalue weighted by atomic mass is 10.2. The van der Waals surface area contributed by atoms with Crippen LogP contribution in [-0.4, -0.2) is 15.2 Å². The first-order chi connectivity index (χ1) is 6.27. The van der Waals surface area contributed by atoms with E-state index in [2.05, 4.69) is 15.2 Å².